The lowest BCUT2D eigenvalue weighted by Crippen LogP contribution is -2.32. The van der Waals surface area contributed by atoms with Gasteiger partial charge in [0.25, 0.3) is 5.91 Å². The smallest absolute Gasteiger partial charge is 0.261 e. The first-order valence-corrected chi connectivity index (χ1v) is 8.17. The van der Waals surface area contributed by atoms with E-state index in [0.29, 0.717) is 15.6 Å². The van der Waals surface area contributed by atoms with Crippen molar-refractivity contribution < 1.29 is 9.90 Å². The zero-order valence-corrected chi connectivity index (χ0v) is 13.5. The van der Waals surface area contributed by atoms with Gasteiger partial charge >= 0.3 is 0 Å². The summed E-state index contributed by atoms with van der Waals surface area (Å²) in [6.07, 6.45) is -0.103. The number of halogens is 2. The molecule has 2 aromatic rings. The first-order chi connectivity index (χ1) is 10.1. The minimum atomic E-state index is -0.747. The van der Waals surface area contributed by atoms with E-state index in [9.17, 15) is 9.90 Å². The molecule has 0 fully saturated rings. The Labute approximate surface area is 137 Å². The van der Waals surface area contributed by atoms with Gasteiger partial charge in [0.15, 0.2) is 0 Å². The molecule has 21 heavy (non-hydrogen) atoms. The van der Waals surface area contributed by atoms with Crippen molar-refractivity contribution in [2.24, 2.45) is 0 Å². The van der Waals surface area contributed by atoms with E-state index in [4.69, 9.17) is 23.2 Å². The van der Waals surface area contributed by atoms with Crippen LogP contribution in [0.3, 0.4) is 0 Å². The summed E-state index contributed by atoms with van der Waals surface area (Å²) < 4.78 is 0.573. The molecule has 3 nitrogen and oxygen atoms in total. The summed E-state index contributed by atoms with van der Waals surface area (Å²) in [6, 6.07) is 11.7. The van der Waals surface area contributed by atoms with Crippen LogP contribution in [0.4, 0.5) is 0 Å². The van der Waals surface area contributed by atoms with Crippen molar-refractivity contribution in [1.82, 2.24) is 5.32 Å². The fourth-order valence-corrected chi connectivity index (χ4v) is 3.18. The minimum Gasteiger partial charge on any atom is -0.390 e. The SMILES string of the molecule is O=C(NC[C@H](O)CCl)c1sc(Cl)cc1Cc1ccccc1. The van der Waals surface area contributed by atoms with E-state index < -0.39 is 6.10 Å². The molecule has 0 aliphatic heterocycles. The van der Waals surface area contributed by atoms with E-state index in [1.54, 1.807) is 0 Å². The van der Waals surface area contributed by atoms with Gasteiger partial charge in [-0.05, 0) is 23.6 Å². The fraction of sp³-hybridized carbons (Fsp3) is 0.267. The van der Waals surface area contributed by atoms with Crippen LogP contribution in [0.5, 0.6) is 0 Å². The second kappa shape index (κ2) is 7.80. The average molecular weight is 344 g/mol. The van der Waals surface area contributed by atoms with Crippen molar-refractivity contribution in [2.75, 3.05) is 12.4 Å². The zero-order valence-electron chi connectivity index (χ0n) is 11.2. The number of rotatable bonds is 6. The molecule has 0 radical (unpaired) electrons. The van der Waals surface area contributed by atoms with Gasteiger partial charge in [0.1, 0.15) is 0 Å². The van der Waals surface area contributed by atoms with Crippen LogP contribution in [0.1, 0.15) is 20.8 Å². The predicted molar refractivity (Wildman–Crippen MR) is 87.6 cm³/mol. The zero-order chi connectivity index (χ0) is 15.2. The molecule has 1 aromatic heterocycles. The summed E-state index contributed by atoms with van der Waals surface area (Å²) in [5.74, 6) is -0.149. The Kier molecular flexibility index (Phi) is 6.06. The molecule has 112 valence electrons. The maximum Gasteiger partial charge on any atom is 0.261 e. The molecule has 1 heterocycles. The Morgan fingerprint density at radius 3 is 2.71 bits per heavy atom. The van der Waals surface area contributed by atoms with E-state index in [-0.39, 0.29) is 18.3 Å². The molecule has 0 spiro atoms. The molecule has 0 saturated carbocycles. The van der Waals surface area contributed by atoms with Crippen molar-refractivity contribution in [3.8, 4) is 0 Å². The van der Waals surface area contributed by atoms with Gasteiger partial charge in [-0.1, -0.05) is 41.9 Å². The number of nitrogens with one attached hydrogen (secondary N) is 1. The topological polar surface area (TPSA) is 49.3 Å². The standard InChI is InChI=1S/C15H15Cl2NO2S/c16-8-12(19)9-18-15(20)14-11(7-13(17)21-14)6-10-4-2-1-3-5-10/h1-5,7,12,19H,6,8-9H2,(H,18,20)/t12-/m1/s1. The number of thiophene rings is 1. The third kappa shape index (κ3) is 4.71. The largest absolute Gasteiger partial charge is 0.390 e. The van der Waals surface area contributed by atoms with E-state index in [0.717, 1.165) is 11.1 Å². The molecular formula is C15H15Cl2NO2S. The Balaban J connectivity index is 2.11. The van der Waals surface area contributed by atoms with Crippen molar-refractivity contribution in [3.05, 3.63) is 56.7 Å². The summed E-state index contributed by atoms with van der Waals surface area (Å²) in [5.41, 5.74) is 2.00. The van der Waals surface area contributed by atoms with Crippen LogP contribution in [0.2, 0.25) is 4.34 Å². The van der Waals surface area contributed by atoms with Crippen LogP contribution in [0, 0.1) is 0 Å². The quantitative estimate of drug-likeness (QED) is 0.790. The maximum atomic E-state index is 12.2. The molecular weight excluding hydrogens is 329 g/mol. The molecule has 0 unspecified atom stereocenters. The number of aliphatic hydroxyl groups excluding tert-OH is 1. The van der Waals surface area contributed by atoms with Gasteiger partial charge in [0.2, 0.25) is 0 Å². The second-order valence-corrected chi connectivity index (χ2v) is 6.58. The van der Waals surface area contributed by atoms with Crippen molar-refractivity contribution in [3.63, 3.8) is 0 Å². The summed E-state index contributed by atoms with van der Waals surface area (Å²) in [6.45, 7) is 0.128. The van der Waals surface area contributed by atoms with Gasteiger partial charge in [-0.15, -0.1) is 22.9 Å². The number of benzene rings is 1. The Morgan fingerprint density at radius 1 is 1.33 bits per heavy atom. The number of carbonyl (C=O) groups excluding carboxylic acids is 1. The van der Waals surface area contributed by atoms with Crippen molar-refractivity contribution in [2.45, 2.75) is 12.5 Å². The van der Waals surface area contributed by atoms with Gasteiger partial charge in [-0.2, -0.15) is 0 Å². The molecule has 2 rings (SSSR count). The number of hydrogen-bond acceptors (Lipinski definition) is 3. The highest BCUT2D eigenvalue weighted by atomic mass is 35.5. The molecule has 0 bridgehead atoms. The minimum absolute atomic E-state index is 0.0857. The highest BCUT2D eigenvalue weighted by Crippen LogP contribution is 2.28. The molecule has 6 heteroatoms. The molecule has 0 aliphatic rings. The highest BCUT2D eigenvalue weighted by Gasteiger charge is 2.16. The summed E-state index contributed by atoms with van der Waals surface area (Å²) in [4.78, 5) is 12.8. The molecule has 0 saturated heterocycles. The third-order valence-electron chi connectivity index (χ3n) is 2.90. The molecule has 2 N–H and O–H groups in total. The number of carbonyl (C=O) groups is 1. The third-order valence-corrected chi connectivity index (χ3v) is 4.56. The number of hydrogen-bond donors (Lipinski definition) is 2. The molecule has 1 atom stereocenters. The summed E-state index contributed by atoms with van der Waals surface area (Å²) >= 11 is 12.8. The van der Waals surface area contributed by atoms with Gasteiger partial charge < -0.3 is 10.4 Å². The van der Waals surface area contributed by atoms with Gasteiger partial charge in [-0.25, -0.2) is 0 Å². The highest BCUT2D eigenvalue weighted by molar-refractivity contribution is 7.18. The maximum absolute atomic E-state index is 12.2. The Bertz CT molecular complexity index is 601. The monoisotopic (exact) mass is 343 g/mol. The van der Waals surface area contributed by atoms with Crippen molar-refractivity contribution >= 4 is 40.4 Å². The van der Waals surface area contributed by atoms with Crippen LogP contribution < -0.4 is 5.32 Å². The van der Waals surface area contributed by atoms with E-state index in [1.807, 2.05) is 36.4 Å². The first-order valence-electron chi connectivity index (χ1n) is 6.44. The van der Waals surface area contributed by atoms with E-state index in [1.165, 1.54) is 11.3 Å². The fourth-order valence-electron chi connectivity index (χ4n) is 1.88. The van der Waals surface area contributed by atoms with Gasteiger partial charge in [0.05, 0.1) is 21.2 Å². The lowest BCUT2D eigenvalue weighted by molar-refractivity contribution is 0.0928. The lowest BCUT2D eigenvalue weighted by atomic mass is 10.1. The molecule has 1 aromatic carbocycles. The van der Waals surface area contributed by atoms with Crippen LogP contribution in [0.15, 0.2) is 36.4 Å². The number of amides is 1. The summed E-state index contributed by atoms with van der Waals surface area (Å²) in [5, 5.41) is 12.1. The van der Waals surface area contributed by atoms with Crippen LogP contribution in [-0.2, 0) is 6.42 Å². The van der Waals surface area contributed by atoms with Gasteiger partial charge in [-0.3, -0.25) is 4.79 Å². The van der Waals surface area contributed by atoms with Gasteiger partial charge in [0, 0.05) is 6.54 Å². The van der Waals surface area contributed by atoms with Crippen molar-refractivity contribution in [1.29, 1.82) is 0 Å². The molecule has 0 aliphatic carbocycles. The van der Waals surface area contributed by atoms with Crippen LogP contribution >= 0.6 is 34.5 Å². The number of alkyl halides is 1. The van der Waals surface area contributed by atoms with Crippen LogP contribution in [-0.4, -0.2) is 29.5 Å². The first kappa shape index (κ1) is 16.3. The van der Waals surface area contributed by atoms with E-state index in [2.05, 4.69) is 5.32 Å². The lowest BCUT2D eigenvalue weighted by Gasteiger charge is -2.09. The predicted octanol–water partition coefficient (Wildman–Crippen LogP) is 3.32. The van der Waals surface area contributed by atoms with Crippen LogP contribution in [0.25, 0.3) is 0 Å². The average Bonchev–Trinajstić information content (AvgIpc) is 2.86. The molecule has 1 amide bonds. The van der Waals surface area contributed by atoms with E-state index >= 15 is 0 Å². The number of aliphatic hydroxyl groups is 1. The Hall–Kier alpha value is -1.07. The second-order valence-electron chi connectivity index (χ2n) is 4.59. The Morgan fingerprint density at radius 2 is 2.05 bits per heavy atom. The summed E-state index contributed by atoms with van der Waals surface area (Å²) in [7, 11) is 0. The normalized spacial score (nSPS) is 12.1.